The molecule has 5 radical (unpaired) electrons. The first-order valence-electron chi connectivity index (χ1n) is 11.7. The first-order valence-corrected chi connectivity index (χ1v) is 40.5. The van der Waals surface area contributed by atoms with Crippen LogP contribution in [0.1, 0.15) is 84.5 Å². The summed E-state index contributed by atoms with van der Waals surface area (Å²) in [7, 11) is 0. The summed E-state index contributed by atoms with van der Waals surface area (Å²) in [4.78, 5) is 0.477. The van der Waals surface area contributed by atoms with Gasteiger partial charge in [-0.2, -0.15) is 0 Å². The van der Waals surface area contributed by atoms with Crippen LogP contribution < -0.4 is 51.0 Å². The van der Waals surface area contributed by atoms with Crippen molar-refractivity contribution in [2.45, 2.75) is 98.5 Å². The van der Waals surface area contributed by atoms with Crippen molar-refractivity contribution in [3.05, 3.63) is 0 Å². The first-order chi connectivity index (χ1) is 15.4. The Kier molecular flexibility index (Phi) is 65.9. The SMILES string of the molecule is CCCCC[B][I-]I.[2H]CC.[2H]CCCCCCC[B][I-]I.[2H]CI([B])I.[2H]C[B][I-]I. The Morgan fingerprint density at radius 1 is 0.893 bits per heavy atom. The van der Waals surface area contributed by atoms with E-state index in [-0.39, 0.29) is 17.0 Å². The van der Waals surface area contributed by atoms with Crippen LogP contribution >= 0.6 is 90.1 Å². The summed E-state index contributed by atoms with van der Waals surface area (Å²) in [5.41, 5.74) is 5.25. The summed E-state index contributed by atoms with van der Waals surface area (Å²) in [5, 5.41) is 6.92. The van der Waals surface area contributed by atoms with Crippen LogP contribution in [-0.4, -0.2) is 26.0 Å². The van der Waals surface area contributed by atoms with Crippen molar-refractivity contribution >= 4 is 111 Å². The summed E-state index contributed by atoms with van der Waals surface area (Å²) < 4.78 is 26.3. The summed E-state index contributed by atoms with van der Waals surface area (Å²) in [5.74, 6) is 0. The molecule has 0 saturated heterocycles. The standard InChI is InChI=1S/C7H15BI2.C5H11BI2.C2H6.2CH3BI2/c1-2-3-4-5-6-7-8-10-9;1-2-3-4-5-6-8-7;1-2;1-4(2)3;1-2-4-3/h2-7H2,1H3;2-5H2,1H3;1-2H3;2*1H3/q2*-1;;;-1/i1D;;3*1D. The molecule has 0 heterocycles. The van der Waals surface area contributed by atoms with Crippen LogP contribution in [0.3, 0.4) is 0 Å². The topological polar surface area (TPSA) is 0 Å². The third kappa shape index (κ3) is 85.1. The van der Waals surface area contributed by atoms with Crippen molar-refractivity contribution in [2.24, 2.45) is 0 Å². The summed E-state index contributed by atoms with van der Waals surface area (Å²) in [6, 6.07) is 0. The van der Waals surface area contributed by atoms with Gasteiger partial charge >= 0.3 is 256 Å². The Morgan fingerprint density at radius 2 is 1.36 bits per heavy atom. The molecule has 0 aliphatic rings. The molecule has 0 amide bonds. The second-order valence-corrected chi connectivity index (χ2v) is 27.1. The zero-order chi connectivity index (χ0) is 25.7. The predicted molar refractivity (Wildman–Crippen MR) is 174 cm³/mol. The van der Waals surface area contributed by atoms with Gasteiger partial charge in [0.25, 0.3) is 0 Å². The van der Waals surface area contributed by atoms with Gasteiger partial charge in [-0.05, 0) is 0 Å². The van der Waals surface area contributed by atoms with Crippen LogP contribution in [0.5, 0.6) is 0 Å². The summed E-state index contributed by atoms with van der Waals surface area (Å²) in [6.07, 6.45) is 13.3. The molecule has 28 heavy (non-hydrogen) atoms. The zero-order valence-corrected chi connectivity index (χ0v) is 34.5. The molecule has 0 spiro atoms. The van der Waals surface area contributed by atoms with Crippen LogP contribution in [-0.2, 0) is 0 Å². The van der Waals surface area contributed by atoms with Gasteiger partial charge in [0.2, 0.25) is 0 Å². The average Bonchev–Trinajstić information content (AvgIpc) is 2.79. The molecule has 0 fully saturated rings. The molecule has 0 aromatic heterocycles. The molecule has 173 valence electrons. The first kappa shape index (κ1) is 34.1. The Labute approximate surface area is 265 Å². The zero-order valence-electron chi connectivity index (χ0n) is 21.2. The van der Waals surface area contributed by atoms with Gasteiger partial charge in [0, 0.05) is 1.37 Å². The molecule has 0 N–H and O–H groups in total. The van der Waals surface area contributed by atoms with Crippen LogP contribution in [0.25, 0.3) is 0 Å². The normalized spacial score (nSPS) is 11.1. The predicted octanol–water partition coefficient (Wildman–Crippen LogP) is 0.761. The van der Waals surface area contributed by atoms with Gasteiger partial charge in [0.15, 0.2) is 0 Å². The average molecular weight is 1290 g/mol. The summed E-state index contributed by atoms with van der Waals surface area (Å²) >= 11 is 9.41. The molecule has 0 aromatic carbocycles. The number of halogens is 8. The maximum atomic E-state index is 6.95. The molecule has 0 saturated carbocycles. The van der Waals surface area contributed by atoms with E-state index >= 15 is 0 Å². The van der Waals surface area contributed by atoms with E-state index in [4.69, 9.17) is 11.2 Å². The second-order valence-electron chi connectivity index (χ2n) is 4.60. The van der Waals surface area contributed by atoms with Crippen molar-refractivity contribution in [2.75, 3.05) is 4.91 Å². The Morgan fingerprint density at radius 3 is 1.68 bits per heavy atom. The molecule has 0 bridgehead atoms. The van der Waals surface area contributed by atoms with Gasteiger partial charge in [-0.15, -0.1) is 0 Å². The number of hydrogen-bond donors (Lipinski definition) is 0. The molecular formula is C16H38B4I8-3. The number of unbranched alkanes of at least 4 members (excludes halogenated alkanes) is 6. The van der Waals surface area contributed by atoms with Crippen LogP contribution in [0.15, 0.2) is 0 Å². The third-order valence-electron chi connectivity index (χ3n) is 2.40. The third-order valence-corrected chi connectivity index (χ3v) is 11.3. The molecule has 0 aromatic rings. The van der Waals surface area contributed by atoms with E-state index in [1.54, 1.807) is 6.92 Å². The summed E-state index contributed by atoms with van der Waals surface area (Å²) in [6.45, 7) is 5.67. The monoisotopic (exact) mass is 1290 g/mol. The maximum absolute atomic E-state index is 6.95. The van der Waals surface area contributed by atoms with Gasteiger partial charge in [0.1, 0.15) is 0 Å². The Hall–Kier alpha value is 6.10. The minimum atomic E-state index is -1.15. The number of alkyl halides is 1. The molecule has 0 unspecified atom stereocenters. The molecule has 12 heteroatoms. The van der Waals surface area contributed by atoms with E-state index in [9.17, 15) is 0 Å². The van der Waals surface area contributed by atoms with E-state index in [0.717, 1.165) is 6.42 Å². The molecule has 0 aliphatic carbocycles. The van der Waals surface area contributed by atoms with Gasteiger partial charge < -0.3 is 0 Å². The molecule has 0 aliphatic heterocycles. The Bertz CT molecular complexity index is 246. The molecule has 0 atom stereocenters. The van der Waals surface area contributed by atoms with E-state index in [1.807, 2.05) is 5.14 Å². The minimum absolute atomic E-state index is 0.265. The van der Waals surface area contributed by atoms with Crippen molar-refractivity contribution in [1.29, 1.82) is 0 Å². The van der Waals surface area contributed by atoms with Crippen LogP contribution in [0.4, 0.5) is 0 Å². The van der Waals surface area contributed by atoms with E-state index in [2.05, 4.69) is 91.7 Å². The van der Waals surface area contributed by atoms with Crippen molar-refractivity contribution in [3.63, 3.8) is 0 Å². The van der Waals surface area contributed by atoms with Crippen molar-refractivity contribution in [1.82, 2.24) is 0 Å². The van der Waals surface area contributed by atoms with Gasteiger partial charge in [-0.25, -0.2) is 0 Å². The molecule has 0 nitrogen and oxygen atoms in total. The molecular weight excluding hydrogens is 1250 g/mol. The van der Waals surface area contributed by atoms with Gasteiger partial charge in [0.05, 0.1) is 0 Å². The van der Waals surface area contributed by atoms with E-state index in [1.165, 1.54) is 57.6 Å². The fraction of sp³-hybridized carbons (Fsp3) is 1.00. The van der Waals surface area contributed by atoms with Gasteiger partial charge in [-0.1, -0.05) is 13.8 Å². The van der Waals surface area contributed by atoms with E-state index < -0.39 is 15.6 Å². The fourth-order valence-corrected chi connectivity index (χ4v) is 5.82. The van der Waals surface area contributed by atoms with Crippen molar-refractivity contribution < 1.29 is 56.5 Å². The molecule has 0 rings (SSSR count). The Balaban J connectivity index is -0.000000102. The van der Waals surface area contributed by atoms with Crippen LogP contribution in [0, 0.1) is 0 Å². The second kappa shape index (κ2) is 54.1. The van der Waals surface area contributed by atoms with E-state index in [0.29, 0.717) is 59.5 Å². The quantitative estimate of drug-likeness (QED) is 0.111. The van der Waals surface area contributed by atoms with Crippen LogP contribution in [0.2, 0.25) is 19.4 Å². The fourth-order valence-electron chi connectivity index (χ4n) is 1.31. The van der Waals surface area contributed by atoms with Gasteiger partial charge in [-0.3, -0.25) is 0 Å². The number of hydrogen-bond acceptors (Lipinski definition) is 0. The number of rotatable bonds is 13. The van der Waals surface area contributed by atoms with Crippen molar-refractivity contribution in [3.8, 4) is 0 Å².